The Kier molecular flexibility index (Phi) is 3.02. The fraction of sp³-hybridized carbons (Fsp3) is 0.500. The molecule has 5 nitrogen and oxygen atoms in total. The van der Waals surface area contributed by atoms with Crippen LogP contribution in [0.15, 0.2) is 24.4 Å². The predicted octanol–water partition coefficient (Wildman–Crippen LogP) is 0.855. The fourth-order valence-electron chi connectivity index (χ4n) is 2.14. The third-order valence-corrected chi connectivity index (χ3v) is 3.12. The molecule has 2 aromatic rings. The maximum absolute atomic E-state index is 5.34. The molecule has 17 heavy (non-hydrogen) atoms. The maximum atomic E-state index is 5.34. The second-order valence-corrected chi connectivity index (χ2v) is 4.41. The summed E-state index contributed by atoms with van der Waals surface area (Å²) in [5, 5.41) is 11.7. The molecular formula is C12H16N4O. The molecular weight excluding hydrogens is 216 g/mol. The van der Waals surface area contributed by atoms with Crippen molar-refractivity contribution in [2.24, 2.45) is 5.92 Å². The second-order valence-electron chi connectivity index (χ2n) is 4.41. The van der Waals surface area contributed by atoms with Gasteiger partial charge in [0.05, 0.1) is 13.2 Å². The highest BCUT2D eigenvalue weighted by molar-refractivity contribution is 5.36. The maximum Gasteiger partial charge on any atom is 0.160 e. The van der Waals surface area contributed by atoms with Gasteiger partial charge in [-0.05, 0) is 24.5 Å². The fourth-order valence-corrected chi connectivity index (χ4v) is 2.14. The van der Waals surface area contributed by atoms with Crippen LogP contribution in [0.3, 0.4) is 0 Å². The molecule has 0 amide bonds. The molecule has 5 heteroatoms. The lowest BCUT2D eigenvalue weighted by atomic mass is 10.1. The van der Waals surface area contributed by atoms with E-state index in [1.807, 2.05) is 28.8 Å². The van der Waals surface area contributed by atoms with Crippen molar-refractivity contribution in [2.45, 2.75) is 13.0 Å². The van der Waals surface area contributed by atoms with Crippen LogP contribution in [0, 0.1) is 5.92 Å². The SMILES string of the molecule is c1ccn2c(CNCC3CCOC3)nnc2c1. The Morgan fingerprint density at radius 3 is 3.29 bits per heavy atom. The number of hydrogen-bond donors (Lipinski definition) is 1. The summed E-state index contributed by atoms with van der Waals surface area (Å²) in [7, 11) is 0. The van der Waals surface area contributed by atoms with Gasteiger partial charge in [0.1, 0.15) is 0 Å². The number of ether oxygens (including phenoxy) is 1. The lowest BCUT2D eigenvalue weighted by Crippen LogP contribution is -2.23. The van der Waals surface area contributed by atoms with E-state index in [4.69, 9.17) is 4.74 Å². The Hall–Kier alpha value is -1.46. The summed E-state index contributed by atoms with van der Waals surface area (Å²) in [6.45, 7) is 3.53. The van der Waals surface area contributed by atoms with Crippen molar-refractivity contribution in [3.63, 3.8) is 0 Å². The van der Waals surface area contributed by atoms with Crippen molar-refractivity contribution in [1.82, 2.24) is 19.9 Å². The second kappa shape index (κ2) is 4.81. The van der Waals surface area contributed by atoms with Crippen molar-refractivity contribution in [2.75, 3.05) is 19.8 Å². The Morgan fingerprint density at radius 1 is 1.41 bits per heavy atom. The molecule has 90 valence electrons. The molecule has 3 rings (SSSR count). The summed E-state index contributed by atoms with van der Waals surface area (Å²) in [5.74, 6) is 1.61. The summed E-state index contributed by atoms with van der Waals surface area (Å²) in [6.07, 6.45) is 3.15. The van der Waals surface area contributed by atoms with Crippen LogP contribution in [0.1, 0.15) is 12.2 Å². The van der Waals surface area contributed by atoms with Gasteiger partial charge in [-0.3, -0.25) is 4.40 Å². The number of fused-ring (bicyclic) bond motifs is 1. The standard InChI is InChI=1S/C12H16N4O/c1-2-5-16-11(3-1)14-15-12(16)8-13-7-10-4-6-17-9-10/h1-3,5,10,13H,4,6-9H2. The highest BCUT2D eigenvalue weighted by atomic mass is 16.5. The number of hydrogen-bond acceptors (Lipinski definition) is 4. The smallest absolute Gasteiger partial charge is 0.160 e. The summed E-state index contributed by atoms with van der Waals surface area (Å²) < 4.78 is 7.35. The van der Waals surface area contributed by atoms with E-state index < -0.39 is 0 Å². The van der Waals surface area contributed by atoms with Crippen molar-refractivity contribution in [3.8, 4) is 0 Å². The molecule has 1 unspecified atom stereocenters. The monoisotopic (exact) mass is 232 g/mol. The lowest BCUT2D eigenvalue weighted by molar-refractivity contribution is 0.185. The molecule has 3 heterocycles. The minimum atomic E-state index is 0.647. The first-order valence-electron chi connectivity index (χ1n) is 6.00. The number of aromatic nitrogens is 3. The Labute approximate surface area is 99.8 Å². The van der Waals surface area contributed by atoms with Gasteiger partial charge in [-0.2, -0.15) is 0 Å². The van der Waals surface area contributed by atoms with Crippen LogP contribution in [0.2, 0.25) is 0 Å². The van der Waals surface area contributed by atoms with Gasteiger partial charge in [0.25, 0.3) is 0 Å². The van der Waals surface area contributed by atoms with Crippen LogP contribution in [-0.2, 0) is 11.3 Å². The Balaban J connectivity index is 1.60. The van der Waals surface area contributed by atoms with Crippen LogP contribution in [-0.4, -0.2) is 34.4 Å². The first-order chi connectivity index (χ1) is 8.43. The third kappa shape index (κ3) is 2.30. The molecule has 0 spiro atoms. The quantitative estimate of drug-likeness (QED) is 0.849. The summed E-state index contributed by atoms with van der Waals surface area (Å²) in [4.78, 5) is 0. The summed E-state index contributed by atoms with van der Waals surface area (Å²) >= 11 is 0. The van der Waals surface area contributed by atoms with Gasteiger partial charge in [0.2, 0.25) is 0 Å². The average molecular weight is 232 g/mol. The molecule has 1 atom stereocenters. The van der Waals surface area contributed by atoms with Crippen LogP contribution < -0.4 is 5.32 Å². The Morgan fingerprint density at radius 2 is 2.41 bits per heavy atom. The number of rotatable bonds is 4. The first kappa shape index (κ1) is 10.7. The zero-order valence-electron chi connectivity index (χ0n) is 9.67. The number of nitrogens with zero attached hydrogens (tertiary/aromatic N) is 3. The Bertz CT molecular complexity index is 490. The molecule has 1 aliphatic rings. The van der Waals surface area contributed by atoms with E-state index in [1.54, 1.807) is 0 Å². The van der Waals surface area contributed by atoms with Gasteiger partial charge < -0.3 is 10.1 Å². The van der Waals surface area contributed by atoms with Crippen molar-refractivity contribution < 1.29 is 4.74 Å². The topological polar surface area (TPSA) is 51.5 Å². The molecule has 0 bridgehead atoms. The lowest BCUT2D eigenvalue weighted by Gasteiger charge is -2.08. The van der Waals surface area contributed by atoms with Crippen LogP contribution in [0.5, 0.6) is 0 Å². The number of pyridine rings is 1. The van der Waals surface area contributed by atoms with Crippen molar-refractivity contribution >= 4 is 5.65 Å². The van der Waals surface area contributed by atoms with Gasteiger partial charge >= 0.3 is 0 Å². The molecule has 0 radical (unpaired) electrons. The summed E-state index contributed by atoms with van der Waals surface area (Å²) in [5.41, 5.74) is 0.897. The predicted molar refractivity (Wildman–Crippen MR) is 63.6 cm³/mol. The normalized spacial score (nSPS) is 20.1. The van der Waals surface area contributed by atoms with E-state index in [-0.39, 0.29) is 0 Å². The number of nitrogens with one attached hydrogen (secondary N) is 1. The molecule has 0 aromatic carbocycles. The highest BCUT2D eigenvalue weighted by Gasteiger charge is 2.15. The van der Waals surface area contributed by atoms with Crippen molar-refractivity contribution in [3.05, 3.63) is 30.2 Å². The molecule has 2 aromatic heterocycles. The summed E-state index contributed by atoms with van der Waals surface area (Å²) in [6, 6.07) is 5.92. The molecule has 0 saturated carbocycles. The van der Waals surface area contributed by atoms with Gasteiger partial charge in [-0.25, -0.2) is 0 Å². The van der Waals surface area contributed by atoms with E-state index >= 15 is 0 Å². The third-order valence-electron chi connectivity index (χ3n) is 3.12. The molecule has 0 aliphatic carbocycles. The van der Waals surface area contributed by atoms with E-state index in [2.05, 4.69) is 15.5 Å². The minimum Gasteiger partial charge on any atom is -0.381 e. The van der Waals surface area contributed by atoms with Gasteiger partial charge in [0.15, 0.2) is 11.5 Å². The van der Waals surface area contributed by atoms with Crippen LogP contribution >= 0.6 is 0 Å². The van der Waals surface area contributed by atoms with Crippen LogP contribution in [0.25, 0.3) is 5.65 Å². The minimum absolute atomic E-state index is 0.647. The van der Waals surface area contributed by atoms with Gasteiger partial charge in [-0.1, -0.05) is 6.07 Å². The van der Waals surface area contributed by atoms with Crippen molar-refractivity contribution in [1.29, 1.82) is 0 Å². The molecule has 1 N–H and O–H groups in total. The van der Waals surface area contributed by atoms with E-state index in [1.165, 1.54) is 0 Å². The highest BCUT2D eigenvalue weighted by Crippen LogP contribution is 2.11. The van der Waals surface area contributed by atoms with Gasteiger partial charge in [0, 0.05) is 19.3 Å². The molecule has 1 aliphatic heterocycles. The largest absolute Gasteiger partial charge is 0.381 e. The van der Waals surface area contributed by atoms with Gasteiger partial charge in [-0.15, -0.1) is 10.2 Å². The van der Waals surface area contributed by atoms with E-state index in [0.717, 1.165) is 44.2 Å². The zero-order chi connectivity index (χ0) is 11.5. The molecule has 1 fully saturated rings. The van der Waals surface area contributed by atoms with Crippen LogP contribution in [0.4, 0.5) is 0 Å². The first-order valence-corrected chi connectivity index (χ1v) is 6.00. The molecule has 1 saturated heterocycles. The van der Waals surface area contributed by atoms with E-state index in [0.29, 0.717) is 5.92 Å². The van der Waals surface area contributed by atoms with E-state index in [9.17, 15) is 0 Å². The average Bonchev–Trinajstić information content (AvgIpc) is 2.99. The zero-order valence-corrected chi connectivity index (χ0v) is 9.67.